The quantitative estimate of drug-likeness (QED) is 0.521. The van der Waals surface area contributed by atoms with Gasteiger partial charge in [0.2, 0.25) is 0 Å². The number of fused-ring (bicyclic) bond motifs is 1. The van der Waals surface area contributed by atoms with E-state index in [2.05, 4.69) is 4.98 Å². The van der Waals surface area contributed by atoms with Gasteiger partial charge in [-0.3, -0.25) is 4.68 Å². The van der Waals surface area contributed by atoms with Crippen LogP contribution in [0.1, 0.15) is 23.6 Å². The SMILES string of the molecule is Cc1nc2c(n1N)CCC(N)C2. The number of imidazole rings is 1. The average molecular weight is 166 g/mol. The monoisotopic (exact) mass is 166 g/mol. The molecular weight excluding hydrogens is 152 g/mol. The maximum absolute atomic E-state index is 5.82. The fraction of sp³-hybridized carbons (Fsp3) is 0.625. The summed E-state index contributed by atoms with van der Waals surface area (Å²) in [5.74, 6) is 6.67. The average Bonchev–Trinajstić information content (AvgIpc) is 2.28. The first-order valence-electron chi connectivity index (χ1n) is 4.26. The minimum atomic E-state index is 0.270. The molecule has 1 heterocycles. The van der Waals surface area contributed by atoms with Crippen LogP contribution in [0, 0.1) is 6.92 Å². The largest absolute Gasteiger partial charge is 0.338 e. The van der Waals surface area contributed by atoms with Crippen molar-refractivity contribution < 1.29 is 0 Å². The second-order valence-corrected chi connectivity index (χ2v) is 3.43. The molecule has 1 aliphatic carbocycles. The molecule has 0 saturated carbocycles. The van der Waals surface area contributed by atoms with Gasteiger partial charge in [-0.05, 0) is 19.8 Å². The summed E-state index contributed by atoms with van der Waals surface area (Å²) in [6.07, 6.45) is 2.86. The Morgan fingerprint density at radius 2 is 2.33 bits per heavy atom. The van der Waals surface area contributed by atoms with Gasteiger partial charge in [-0.1, -0.05) is 0 Å². The number of aromatic nitrogens is 2. The smallest absolute Gasteiger partial charge is 0.124 e. The molecule has 2 rings (SSSR count). The van der Waals surface area contributed by atoms with Gasteiger partial charge in [0.1, 0.15) is 5.82 Å². The van der Waals surface area contributed by atoms with Crippen molar-refractivity contribution in [1.82, 2.24) is 9.66 Å². The molecule has 0 amide bonds. The summed E-state index contributed by atoms with van der Waals surface area (Å²) in [4.78, 5) is 4.36. The maximum Gasteiger partial charge on any atom is 0.124 e. The molecule has 0 spiro atoms. The highest BCUT2D eigenvalue weighted by atomic mass is 15.3. The Hall–Kier alpha value is -1.03. The topological polar surface area (TPSA) is 69.9 Å². The number of hydrogen-bond acceptors (Lipinski definition) is 3. The highest BCUT2D eigenvalue weighted by Crippen LogP contribution is 2.19. The van der Waals surface area contributed by atoms with Crippen LogP contribution in [0.5, 0.6) is 0 Å². The fourth-order valence-corrected chi connectivity index (χ4v) is 1.75. The van der Waals surface area contributed by atoms with E-state index in [0.717, 1.165) is 36.5 Å². The van der Waals surface area contributed by atoms with Gasteiger partial charge in [-0.15, -0.1) is 0 Å². The van der Waals surface area contributed by atoms with Crippen LogP contribution in [0.2, 0.25) is 0 Å². The summed E-state index contributed by atoms with van der Waals surface area (Å²) in [6, 6.07) is 0.270. The molecule has 1 aromatic heterocycles. The third kappa shape index (κ3) is 0.992. The molecule has 0 aliphatic heterocycles. The van der Waals surface area contributed by atoms with Crippen LogP contribution < -0.4 is 11.6 Å². The summed E-state index contributed by atoms with van der Waals surface area (Å²) >= 11 is 0. The summed E-state index contributed by atoms with van der Waals surface area (Å²) in [5, 5.41) is 0. The number of aryl methyl sites for hydroxylation is 1. The number of rotatable bonds is 0. The van der Waals surface area contributed by atoms with Crippen LogP contribution in [-0.2, 0) is 12.8 Å². The molecule has 1 aliphatic rings. The molecule has 0 aromatic carbocycles. The molecule has 0 fully saturated rings. The van der Waals surface area contributed by atoms with E-state index in [4.69, 9.17) is 11.6 Å². The van der Waals surface area contributed by atoms with Gasteiger partial charge in [-0.2, -0.15) is 0 Å². The number of nitrogens with two attached hydrogens (primary N) is 2. The Kier molecular flexibility index (Phi) is 1.58. The van der Waals surface area contributed by atoms with E-state index in [1.54, 1.807) is 4.68 Å². The Morgan fingerprint density at radius 1 is 1.58 bits per heavy atom. The van der Waals surface area contributed by atoms with Crippen molar-refractivity contribution >= 4 is 0 Å². The van der Waals surface area contributed by atoms with Crippen LogP contribution in [0.3, 0.4) is 0 Å². The third-order valence-corrected chi connectivity index (χ3v) is 2.48. The fourth-order valence-electron chi connectivity index (χ4n) is 1.75. The Morgan fingerprint density at radius 3 is 3.08 bits per heavy atom. The summed E-state index contributed by atoms with van der Waals surface area (Å²) in [5.41, 5.74) is 8.07. The van der Waals surface area contributed by atoms with Gasteiger partial charge >= 0.3 is 0 Å². The highest BCUT2D eigenvalue weighted by molar-refractivity contribution is 5.21. The minimum Gasteiger partial charge on any atom is -0.338 e. The van der Waals surface area contributed by atoms with Gasteiger partial charge in [0.15, 0.2) is 0 Å². The van der Waals surface area contributed by atoms with Gasteiger partial charge in [0.05, 0.1) is 11.4 Å². The molecule has 4 N–H and O–H groups in total. The summed E-state index contributed by atoms with van der Waals surface area (Å²) in [6.45, 7) is 1.92. The van der Waals surface area contributed by atoms with Crippen LogP contribution in [0.4, 0.5) is 0 Å². The molecule has 0 saturated heterocycles. The van der Waals surface area contributed by atoms with Gasteiger partial charge in [-0.25, -0.2) is 4.98 Å². The van der Waals surface area contributed by atoms with E-state index < -0.39 is 0 Å². The molecule has 66 valence electrons. The Bertz CT molecular complexity index is 302. The maximum atomic E-state index is 5.82. The normalized spacial score (nSPS) is 22.3. The first-order chi connectivity index (χ1) is 5.68. The predicted octanol–water partition coefficient (Wildman–Crippen LogP) is -0.279. The molecule has 4 nitrogen and oxygen atoms in total. The second kappa shape index (κ2) is 2.48. The van der Waals surface area contributed by atoms with Crippen LogP contribution in [-0.4, -0.2) is 15.7 Å². The minimum absolute atomic E-state index is 0.270. The van der Waals surface area contributed by atoms with E-state index in [9.17, 15) is 0 Å². The van der Waals surface area contributed by atoms with E-state index in [1.807, 2.05) is 6.92 Å². The zero-order chi connectivity index (χ0) is 8.72. The van der Waals surface area contributed by atoms with E-state index in [1.165, 1.54) is 0 Å². The number of nitrogen functional groups attached to an aromatic ring is 1. The lowest BCUT2D eigenvalue weighted by Gasteiger charge is -2.17. The van der Waals surface area contributed by atoms with Crippen molar-refractivity contribution in [3.8, 4) is 0 Å². The third-order valence-electron chi connectivity index (χ3n) is 2.48. The molecule has 12 heavy (non-hydrogen) atoms. The molecule has 0 bridgehead atoms. The molecule has 1 atom stereocenters. The van der Waals surface area contributed by atoms with Crippen LogP contribution in [0.25, 0.3) is 0 Å². The van der Waals surface area contributed by atoms with E-state index >= 15 is 0 Å². The van der Waals surface area contributed by atoms with Crippen molar-refractivity contribution in [2.24, 2.45) is 5.73 Å². The van der Waals surface area contributed by atoms with Gasteiger partial charge in [0, 0.05) is 12.5 Å². The molecule has 0 radical (unpaired) electrons. The number of nitrogens with zero attached hydrogens (tertiary/aromatic N) is 2. The zero-order valence-electron chi connectivity index (χ0n) is 7.25. The molecule has 1 aromatic rings. The predicted molar refractivity (Wildman–Crippen MR) is 47.1 cm³/mol. The van der Waals surface area contributed by atoms with Crippen molar-refractivity contribution in [3.63, 3.8) is 0 Å². The van der Waals surface area contributed by atoms with Crippen LogP contribution in [0.15, 0.2) is 0 Å². The molecule has 1 unspecified atom stereocenters. The van der Waals surface area contributed by atoms with Gasteiger partial charge in [0.25, 0.3) is 0 Å². The number of hydrogen-bond donors (Lipinski definition) is 2. The van der Waals surface area contributed by atoms with Crippen molar-refractivity contribution in [1.29, 1.82) is 0 Å². The summed E-state index contributed by atoms with van der Waals surface area (Å²) < 4.78 is 1.68. The van der Waals surface area contributed by atoms with Gasteiger partial charge < -0.3 is 11.6 Å². The van der Waals surface area contributed by atoms with E-state index in [0.29, 0.717) is 0 Å². The lowest BCUT2D eigenvalue weighted by molar-refractivity contribution is 0.557. The lowest BCUT2D eigenvalue weighted by atomic mass is 9.97. The highest BCUT2D eigenvalue weighted by Gasteiger charge is 2.20. The molecular formula is C8H14N4. The summed E-state index contributed by atoms with van der Waals surface area (Å²) in [7, 11) is 0. The zero-order valence-corrected chi connectivity index (χ0v) is 7.25. The van der Waals surface area contributed by atoms with Crippen LogP contribution >= 0.6 is 0 Å². The standard InChI is InChI=1S/C8H14N4/c1-5-11-7-4-6(9)2-3-8(7)12(5)10/h6H,2-4,9-10H2,1H3. The Balaban J connectivity index is 2.43. The van der Waals surface area contributed by atoms with E-state index in [-0.39, 0.29) is 6.04 Å². The Labute approximate surface area is 71.5 Å². The first-order valence-corrected chi connectivity index (χ1v) is 4.26. The molecule has 4 heteroatoms. The van der Waals surface area contributed by atoms with Crippen molar-refractivity contribution in [3.05, 3.63) is 17.2 Å². The lowest BCUT2D eigenvalue weighted by Crippen LogP contribution is -2.29. The second-order valence-electron chi connectivity index (χ2n) is 3.43. The first kappa shape index (κ1) is 7.61. The van der Waals surface area contributed by atoms with Crippen molar-refractivity contribution in [2.75, 3.05) is 5.84 Å². The van der Waals surface area contributed by atoms with Crippen molar-refractivity contribution in [2.45, 2.75) is 32.2 Å².